The first-order chi connectivity index (χ1) is 10.2. The first-order valence-corrected chi connectivity index (χ1v) is 8.83. The summed E-state index contributed by atoms with van der Waals surface area (Å²) in [5.41, 5.74) is 3.30. The Balaban J connectivity index is 1.82. The predicted octanol–water partition coefficient (Wildman–Crippen LogP) is 6.51. The van der Waals surface area contributed by atoms with Gasteiger partial charge in [0.1, 0.15) is 5.01 Å². The summed E-state index contributed by atoms with van der Waals surface area (Å²) < 4.78 is 2.17. The fourth-order valence-electron chi connectivity index (χ4n) is 1.89. The van der Waals surface area contributed by atoms with Crippen LogP contribution in [0.25, 0.3) is 23.4 Å². The van der Waals surface area contributed by atoms with Crippen LogP contribution in [-0.4, -0.2) is 4.98 Å². The molecule has 0 aliphatic carbocycles. The second-order valence-corrected chi connectivity index (χ2v) is 7.09. The molecule has 1 heterocycles. The molecule has 0 atom stereocenters. The largest absolute Gasteiger partial charge is 0.237 e. The van der Waals surface area contributed by atoms with Gasteiger partial charge in [0.05, 0.1) is 5.69 Å². The van der Waals surface area contributed by atoms with Gasteiger partial charge in [0.25, 0.3) is 0 Å². The molecule has 0 saturated carbocycles. The van der Waals surface area contributed by atoms with Crippen molar-refractivity contribution >= 4 is 55.3 Å². The van der Waals surface area contributed by atoms with Gasteiger partial charge in [-0.3, -0.25) is 0 Å². The molecule has 0 radical (unpaired) electrons. The average Bonchev–Trinajstić information content (AvgIpc) is 2.96. The van der Waals surface area contributed by atoms with Gasteiger partial charge in [-0.2, -0.15) is 0 Å². The second-order valence-electron chi connectivity index (χ2n) is 4.43. The zero-order valence-electron chi connectivity index (χ0n) is 11.0. The van der Waals surface area contributed by atoms with Gasteiger partial charge in [0, 0.05) is 19.9 Å². The summed E-state index contributed by atoms with van der Waals surface area (Å²) in [6, 6.07) is 16.4. The molecule has 1 nitrogen and oxygen atoms in total. The SMILES string of the molecule is Brc1ccc(-c2csc(/C=C/c3ccccc3Br)n2)cc1. The molecule has 2 aromatic carbocycles. The quantitative estimate of drug-likeness (QED) is 0.470. The van der Waals surface area contributed by atoms with E-state index >= 15 is 0 Å². The molecule has 1 aromatic heterocycles. The van der Waals surface area contributed by atoms with E-state index in [4.69, 9.17) is 0 Å². The monoisotopic (exact) mass is 419 g/mol. The summed E-state index contributed by atoms with van der Waals surface area (Å²) >= 11 is 8.64. The van der Waals surface area contributed by atoms with E-state index in [0.717, 1.165) is 30.8 Å². The van der Waals surface area contributed by atoms with Crippen LogP contribution in [0.5, 0.6) is 0 Å². The van der Waals surface area contributed by atoms with Gasteiger partial charge in [-0.05, 0) is 29.8 Å². The number of nitrogens with zero attached hydrogens (tertiary/aromatic N) is 1. The molecule has 0 aliphatic rings. The van der Waals surface area contributed by atoms with Crippen LogP contribution in [0.4, 0.5) is 0 Å². The van der Waals surface area contributed by atoms with Crippen LogP contribution in [0.15, 0.2) is 62.9 Å². The Hall–Kier alpha value is -1.23. The Morgan fingerprint density at radius 1 is 0.905 bits per heavy atom. The molecule has 0 spiro atoms. The van der Waals surface area contributed by atoms with Crippen molar-refractivity contribution in [3.05, 3.63) is 73.4 Å². The number of rotatable bonds is 3. The first-order valence-electron chi connectivity index (χ1n) is 6.36. The normalized spacial score (nSPS) is 11.1. The minimum Gasteiger partial charge on any atom is -0.237 e. The van der Waals surface area contributed by atoms with Crippen LogP contribution in [0.1, 0.15) is 10.6 Å². The number of thiazole rings is 1. The fourth-order valence-corrected chi connectivity index (χ4v) is 3.29. The third-order valence-electron chi connectivity index (χ3n) is 2.97. The van der Waals surface area contributed by atoms with Gasteiger partial charge < -0.3 is 0 Å². The standard InChI is InChI=1S/C17H11Br2NS/c18-14-8-5-13(6-9-14)16-11-21-17(20-16)10-7-12-3-1-2-4-15(12)19/h1-11H/b10-7+. The molecular formula is C17H11Br2NS. The number of hydrogen-bond acceptors (Lipinski definition) is 2. The maximum atomic E-state index is 4.66. The van der Waals surface area contributed by atoms with Gasteiger partial charge in [-0.1, -0.05) is 68.3 Å². The maximum Gasteiger partial charge on any atom is 0.116 e. The highest BCUT2D eigenvalue weighted by molar-refractivity contribution is 9.10. The Labute approximate surface area is 144 Å². The molecule has 0 N–H and O–H groups in total. The van der Waals surface area contributed by atoms with Gasteiger partial charge in [-0.25, -0.2) is 4.98 Å². The number of hydrogen-bond donors (Lipinski definition) is 0. The van der Waals surface area contributed by atoms with Gasteiger partial charge in [-0.15, -0.1) is 11.3 Å². The molecule has 3 aromatic rings. The van der Waals surface area contributed by atoms with Crippen molar-refractivity contribution in [2.75, 3.05) is 0 Å². The Morgan fingerprint density at radius 2 is 1.67 bits per heavy atom. The van der Waals surface area contributed by atoms with E-state index in [2.05, 4.69) is 66.5 Å². The summed E-state index contributed by atoms with van der Waals surface area (Å²) in [6.45, 7) is 0. The van der Waals surface area contributed by atoms with E-state index in [9.17, 15) is 0 Å². The van der Waals surface area contributed by atoms with Crippen molar-refractivity contribution in [2.24, 2.45) is 0 Å². The highest BCUT2D eigenvalue weighted by Crippen LogP contribution is 2.25. The maximum absolute atomic E-state index is 4.66. The summed E-state index contributed by atoms with van der Waals surface area (Å²) in [6.07, 6.45) is 4.13. The lowest BCUT2D eigenvalue weighted by Crippen LogP contribution is -1.78. The second kappa shape index (κ2) is 6.69. The van der Waals surface area contributed by atoms with Gasteiger partial charge in [0.2, 0.25) is 0 Å². The number of aromatic nitrogens is 1. The van der Waals surface area contributed by atoms with Crippen molar-refractivity contribution in [3.8, 4) is 11.3 Å². The van der Waals surface area contributed by atoms with Crippen LogP contribution in [-0.2, 0) is 0 Å². The van der Waals surface area contributed by atoms with E-state index in [1.165, 1.54) is 0 Å². The van der Waals surface area contributed by atoms with Crippen molar-refractivity contribution < 1.29 is 0 Å². The highest BCUT2D eigenvalue weighted by atomic mass is 79.9. The van der Waals surface area contributed by atoms with E-state index in [1.807, 2.05) is 36.4 Å². The van der Waals surface area contributed by atoms with Crippen molar-refractivity contribution in [3.63, 3.8) is 0 Å². The zero-order chi connectivity index (χ0) is 14.7. The molecule has 0 aliphatic heterocycles. The molecule has 0 saturated heterocycles. The Kier molecular flexibility index (Phi) is 4.68. The molecule has 0 amide bonds. The predicted molar refractivity (Wildman–Crippen MR) is 98.3 cm³/mol. The minimum atomic E-state index is 1.00. The van der Waals surface area contributed by atoms with E-state index in [-0.39, 0.29) is 0 Å². The minimum absolute atomic E-state index is 1.00. The van der Waals surface area contributed by atoms with Crippen LogP contribution in [0.3, 0.4) is 0 Å². The van der Waals surface area contributed by atoms with Crippen LogP contribution in [0, 0.1) is 0 Å². The van der Waals surface area contributed by atoms with E-state index in [0.29, 0.717) is 0 Å². The topological polar surface area (TPSA) is 12.9 Å². The molecule has 0 fully saturated rings. The van der Waals surface area contributed by atoms with E-state index < -0.39 is 0 Å². The zero-order valence-corrected chi connectivity index (χ0v) is 15.0. The van der Waals surface area contributed by atoms with Gasteiger partial charge in [0.15, 0.2) is 0 Å². The third-order valence-corrected chi connectivity index (χ3v) is 5.03. The molecule has 0 unspecified atom stereocenters. The van der Waals surface area contributed by atoms with Crippen LogP contribution >= 0.6 is 43.2 Å². The lowest BCUT2D eigenvalue weighted by Gasteiger charge is -1.96. The van der Waals surface area contributed by atoms with E-state index in [1.54, 1.807) is 11.3 Å². The molecule has 21 heavy (non-hydrogen) atoms. The van der Waals surface area contributed by atoms with Crippen LogP contribution in [0.2, 0.25) is 0 Å². The average molecular weight is 421 g/mol. The molecule has 104 valence electrons. The lowest BCUT2D eigenvalue weighted by atomic mass is 10.2. The fraction of sp³-hybridized carbons (Fsp3) is 0. The molecule has 4 heteroatoms. The highest BCUT2D eigenvalue weighted by Gasteiger charge is 2.02. The van der Waals surface area contributed by atoms with Crippen molar-refractivity contribution in [2.45, 2.75) is 0 Å². The molecular weight excluding hydrogens is 410 g/mol. The molecule has 0 bridgehead atoms. The summed E-state index contributed by atoms with van der Waals surface area (Å²) in [7, 11) is 0. The smallest absolute Gasteiger partial charge is 0.116 e. The van der Waals surface area contributed by atoms with Crippen molar-refractivity contribution in [1.82, 2.24) is 4.98 Å². The third kappa shape index (κ3) is 3.70. The Morgan fingerprint density at radius 3 is 2.43 bits per heavy atom. The number of halogens is 2. The Bertz CT molecular complexity index is 775. The number of benzene rings is 2. The molecule has 3 rings (SSSR count). The van der Waals surface area contributed by atoms with Crippen molar-refractivity contribution in [1.29, 1.82) is 0 Å². The summed E-state index contributed by atoms with van der Waals surface area (Å²) in [5, 5.41) is 3.09. The lowest BCUT2D eigenvalue weighted by molar-refractivity contribution is 1.38. The van der Waals surface area contributed by atoms with Crippen LogP contribution < -0.4 is 0 Å². The summed E-state index contributed by atoms with van der Waals surface area (Å²) in [4.78, 5) is 4.66. The summed E-state index contributed by atoms with van der Waals surface area (Å²) in [5.74, 6) is 0. The first kappa shape index (κ1) is 14.7. The van der Waals surface area contributed by atoms with Gasteiger partial charge >= 0.3 is 0 Å².